The second-order valence-electron chi connectivity index (χ2n) is 3.84. The van der Waals surface area contributed by atoms with Crippen LogP contribution in [0.3, 0.4) is 0 Å². The molecule has 2 heterocycles. The molecule has 1 atom stereocenters. The number of thiazole rings is 1. The molecule has 0 aliphatic heterocycles. The zero-order chi connectivity index (χ0) is 11.7. The number of rotatable bonds is 3. The highest BCUT2D eigenvalue weighted by Crippen LogP contribution is 2.30. The van der Waals surface area contributed by atoms with Crippen molar-refractivity contribution in [2.45, 2.75) is 33.4 Å². The first-order valence-corrected chi connectivity index (χ1v) is 6.19. The molecule has 0 aliphatic carbocycles. The predicted molar refractivity (Wildman–Crippen MR) is 66.3 cm³/mol. The number of nitrogens with zero attached hydrogens (tertiary/aromatic N) is 3. The fraction of sp³-hybridized carbons (Fsp3) is 0.455. The van der Waals surface area contributed by atoms with Crippen molar-refractivity contribution in [1.29, 1.82) is 0 Å². The third kappa shape index (κ3) is 2.01. The second kappa shape index (κ2) is 4.35. The van der Waals surface area contributed by atoms with Crippen molar-refractivity contribution in [3.63, 3.8) is 0 Å². The summed E-state index contributed by atoms with van der Waals surface area (Å²) in [4.78, 5) is 5.69. The molecule has 5 heteroatoms. The maximum Gasteiger partial charge on any atom is 0.127 e. The third-order valence-corrected chi connectivity index (χ3v) is 3.86. The Morgan fingerprint density at radius 2 is 2.31 bits per heavy atom. The van der Waals surface area contributed by atoms with Gasteiger partial charge in [-0.05, 0) is 20.8 Å². The summed E-state index contributed by atoms with van der Waals surface area (Å²) in [5.74, 6) is 0. The van der Waals surface area contributed by atoms with Crippen molar-refractivity contribution in [3.8, 4) is 10.6 Å². The maximum absolute atomic E-state index is 5.89. The van der Waals surface area contributed by atoms with Crippen LogP contribution < -0.4 is 5.73 Å². The summed E-state index contributed by atoms with van der Waals surface area (Å²) in [6.45, 7) is 6.93. The average Bonchev–Trinajstić information content (AvgIpc) is 2.83. The largest absolute Gasteiger partial charge is 0.323 e. The minimum absolute atomic E-state index is 0.0486. The van der Waals surface area contributed by atoms with E-state index in [9.17, 15) is 0 Å². The Kier molecular flexibility index (Phi) is 3.07. The molecule has 0 radical (unpaired) electrons. The van der Waals surface area contributed by atoms with Gasteiger partial charge in [-0.15, -0.1) is 11.3 Å². The third-order valence-electron chi connectivity index (χ3n) is 2.45. The predicted octanol–water partition coefficient (Wildman–Crippen LogP) is 2.35. The van der Waals surface area contributed by atoms with Crippen LogP contribution in [0.4, 0.5) is 0 Å². The highest BCUT2D eigenvalue weighted by atomic mass is 32.1. The summed E-state index contributed by atoms with van der Waals surface area (Å²) in [6, 6.07) is 0.0486. The van der Waals surface area contributed by atoms with Gasteiger partial charge < -0.3 is 5.73 Å². The molecule has 86 valence electrons. The van der Waals surface area contributed by atoms with Crippen molar-refractivity contribution < 1.29 is 0 Å². The van der Waals surface area contributed by atoms with Gasteiger partial charge in [0.25, 0.3) is 0 Å². The molecule has 2 aromatic rings. The minimum Gasteiger partial charge on any atom is -0.323 e. The molecule has 2 N–H and O–H groups in total. The number of aryl methyl sites for hydroxylation is 2. The van der Waals surface area contributed by atoms with E-state index in [1.54, 1.807) is 11.3 Å². The summed E-state index contributed by atoms with van der Waals surface area (Å²) >= 11 is 1.66. The maximum atomic E-state index is 5.89. The van der Waals surface area contributed by atoms with Crippen molar-refractivity contribution in [3.05, 3.63) is 23.0 Å². The lowest BCUT2D eigenvalue weighted by atomic mass is 10.2. The Balaban J connectivity index is 2.37. The minimum atomic E-state index is 0.0486. The summed E-state index contributed by atoms with van der Waals surface area (Å²) in [5, 5.41) is 5.25. The van der Waals surface area contributed by atoms with Crippen LogP contribution in [0.5, 0.6) is 0 Å². The lowest BCUT2D eigenvalue weighted by Gasteiger charge is -1.99. The number of hydrogen-bond acceptors (Lipinski definition) is 4. The highest BCUT2D eigenvalue weighted by molar-refractivity contribution is 7.15. The molecule has 0 saturated heterocycles. The van der Waals surface area contributed by atoms with E-state index in [0.29, 0.717) is 0 Å². The molecular formula is C11H16N4S. The van der Waals surface area contributed by atoms with Gasteiger partial charge in [0.2, 0.25) is 0 Å². The van der Waals surface area contributed by atoms with Crippen molar-refractivity contribution in [2.24, 2.45) is 5.73 Å². The fourth-order valence-electron chi connectivity index (χ4n) is 1.60. The van der Waals surface area contributed by atoms with Crippen LogP contribution in [0.25, 0.3) is 10.6 Å². The Hall–Kier alpha value is -1.20. The molecule has 0 aliphatic rings. The van der Waals surface area contributed by atoms with E-state index >= 15 is 0 Å². The van der Waals surface area contributed by atoms with Crippen LogP contribution in [0.15, 0.2) is 12.4 Å². The number of hydrogen-bond donors (Lipinski definition) is 1. The summed E-state index contributed by atoms with van der Waals surface area (Å²) < 4.78 is 1.90. The molecule has 0 amide bonds. The molecular weight excluding hydrogens is 220 g/mol. The van der Waals surface area contributed by atoms with Crippen LogP contribution in [0, 0.1) is 6.92 Å². The second-order valence-corrected chi connectivity index (χ2v) is 4.87. The highest BCUT2D eigenvalue weighted by Gasteiger charge is 2.13. The number of nitrogens with two attached hydrogens (primary N) is 1. The first-order chi connectivity index (χ1) is 7.61. The standard InChI is InChI=1S/C11H16N4S/c1-4-15-6-9(5-13-15)11-14-8(3)10(16-11)7(2)12/h5-7H,4,12H2,1-3H3. The average molecular weight is 236 g/mol. The van der Waals surface area contributed by atoms with E-state index < -0.39 is 0 Å². The molecule has 1 unspecified atom stereocenters. The van der Waals surface area contributed by atoms with Gasteiger partial charge >= 0.3 is 0 Å². The van der Waals surface area contributed by atoms with E-state index in [2.05, 4.69) is 17.0 Å². The van der Waals surface area contributed by atoms with Gasteiger partial charge in [-0.3, -0.25) is 4.68 Å². The van der Waals surface area contributed by atoms with E-state index in [1.165, 1.54) is 0 Å². The SMILES string of the molecule is CCn1cc(-c2nc(C)c(C(C)N)s2)cn1. The van der Waals surface area contributed by atoms with E-state index in [4.69, 9.17) is 5.73 Å². The smallest absolute Gasteiger partial charge is 0.127 e. The molecule has 0 fully saturated rings. The van der Waals surface area contributed by atoms with Crippen molar-refractivity contribution in [2.75, 3.05) is 0 Å². The van der Waals surface area contributed by atoms with Gasteiger partial charge in [-0.2, -0.15) is 5.10 Å². The topological polar surface area (TPSA) is 56.7 Å². The Bertz CT molecular complexity index is 484. The van der Waals surface area contributed by atoms with Crippen molar-refractivity contribution >= 4 is 11.3 Å². The molecule has 16 heavy (non-hydrogen) atoms. The zero-order valence-corrected chi connectivity index (χ0v) is 10.6. The van der Waals surface area contributed by atoms with Crippen molar-refractivity contribution in [1.82, 2.24) is 14.8 Å². The zero-order valence-electron chi connectivity index (χ0n) is 9.77. The van der Waals surface area contributed by atoms with Gasteiger partial charge in [-0.25, -0.2) is 4.98 Å². The Labute approximate surface area is 99.1 Å². The Morgan fingerprint density at radius 3 is 2.81 bits per heavy atom. The van der Waals surface area contributed by atoms with Gasteiger partial charge in [0.15, 0.2) is 0 Å². The lowest BCUT2D eigenvalue weighted by Crippen LogP contribution is -2.03. The van der Waals surface area contributed by atoms with Crippen LogP contribution in [0.2, 0.25) is 0 Å². The first-order valence-electron chi connectivity index (χ1n) is 5.37. The van der Waals surface area contributed by atoms with Crippen LogP contribution >= 0.6 is 11.3 Å². The Morgan fingerprint density at radius 1 is 1.56 bits per heavy atom. The molecule has 0 saturated carbocycles. The van der Waals surface area contributed by atoms with Gasteiger partial charge in [-0.1, -0.05) is 0 Å². The summed E-state index contributed by atoms with van der Waals surface area (Å²) in [5.41, 5.74) is 7.99. The fourth-order valence-corrected chi connectivity index (χ4v) is 2.59. The molecule has 0 spiro atoms. The molecule has 4 nitrogen and oxygen atoms in total. The molecule has 2 rings (SSSR count). The first kappa shape index (κ1) is 11.3. The molecule has 0 aromatic carbocycles. The summed E-state index contributed by atoms with van der Waals surface area (Å²) in [6.07, 6.45) is 3.87. The number of aromatic nitrogens is 3. The normalized spacial score (nSPS) is 13.0. The van der Waals surface area contributed by atoms with E-state index in [1.807, 2.05) is 30.9 Å². The monoisotopic (exact) mass is 236 g/mol. The van der Waals surface area contributed by atoms with Gasteiger partial charge in [0.05, 0.1) is 11.9 Å². The molecule has 0 bridgehead atoms. The summed E-state index contributed by atoms with van der Waals surface area (Å²) in [7, 11) is 0. The van der Waals surface area contributed by atoms with Crippen LogP contribution in [-0.2, 0) is 6.54 Å². The van der Waals surface area contributed by atoms with Crippen LogP contribution in [0.1, 0.15) is 30.5 Å². The quantitative estimate of drug-likeness (QED) is 0.890. The van der Waals surface area contributed by atoms with Crippen LogP contribution in [-0.4, -0.2) is 14.8 Å². The lowest BCUT2D eigenvalue weighted by molar-refractivity contribution is 0.660. The molecule has 2 aromatic heterocycles. The van der Waals surface area contributed by atoms with E-state index in [0.717, 1.165) is 27.7 Å². The van der Waals surface area contributed by atoms with E-state index in [-0.39, 0.29) is 6.04 Å². The van der Waals surface area contributed by atoms with Gasteiger partial charge in [0.1, 0.15) is 5.01 Å². The van der Waals surface area contributed by atoms with Gasteiger partial charge in [0, 0.05) is 29.2 Å².